The molecule has 0 saturated carbocycles. The van der Waals surface area contributed by atoms with E-state index in [0.29, 0.717) is 18.2 Å². The molecule has 1 aromatic carbocycles. The van der Waals surface area contributed by atoms with Crippen LogP contribution in [0.5, 0.6) is 5.75 Å². The molecule has 2 aromatic rings. The van der Waals surface area contributed by atoms with Crippen molar-refractivity contribution in [3.05, 3.63) is 52.1 Å². The highest BCUT2D eigenvalue weighted by Gasteiger charge is 2.06. The molecule has 21 heavy (non-hydrogen) atoms. The number of hydrogen-bond acceptors (Lipinski definition) is 4. The number of H-pyrrole nitrogens is 1. The molecular weight excluding hydrogens is 266 g/mol. The van der Waals surface area contributed by atoms with E-state index in [1.165, 1.54) is 6.07 Å². The number of methoxy groups -OCH3 is 1. The second-order valence-corrected chi connectivity index (χ2v) is 5.16. The zero-order valence-corrected chi connectivity index (χ0v) is 12.6. The number of anilines is 1. The predicted molar refractivity (Wildman–Crippen MR) is 84.1 cm³/mol. The third-order valence-corrected chi connectivity index (χ3v) is 3.20. The van der Waals surface area contributed by atoms with Crippen LogP contribution in [0.15, 0.2) is 35.1 Å². The molecule has 1 aromatic heterocycles. The van der Waals surface area contributed by atoms with E-state index in [1.807, 2.05) is 38.1 Å². The van der Waals surface area contributed by atoms with Crippen molar-refractivity contribution < 1.29 is 4.74 Å². The minimum absolute atomic E-state index is 0.131. The third kappa shape index (κ3) is 4.08. The SMILES string of the molecule is COc1ccccc1CCNc1cc(=O)[nH]c(C(C)C)n1. The Morgan fingerprint density at radius 1 is 1.33 bits per heavy atom. The van der Waals surface area contributed by atoms with Crippen LogP contribution in [0, 0.1) is 0 Å². The number of aromatic nitrogens is 2. The Bertz CT molecular complexity index is 650. The fourth-order valence-corrected chi connectivity index (χ4v) is 2.08. The molecule has 0 amide bonds. The second kappa shape index (κ2) is 6.92. The van der Waals surface area contributed by atoms with Gasteiger partial charge in [-0.2, -0.15) is 0 Å². The summed E-state index contributed by atoms with van der Waals surface area (Å²) in [5.74, 6) is 2.37. The Hall–Kier alpha value is -2.30. The van der Waals surface area contributed by atoms with Crippen LogP contribution in [0.25, 0.3) is 0 Å². The Morgan fingerprint density at radius 3 is 2.81 bits per heavy atom. The van der Waals surface area contributed by atoms with Crippen LogP contribution in [-0.2, 0) is 6.42 Å². The third-order valence-electron chi connectivity index (χ3n) is 3.20. The Morgan fingerprint density at radius 2 is 2.10 bits per heavy atom. The highest BCUT2D eigenvalue weighted by Crippen LogP contribution is 2.17. The molecule has 0 fully saturated rings. The highest BCUT2D eigenvalue weighted by atomic mass is 16.5. The number of nitrogens with zero attached hydrogens (tertiary/aromatic N) is 1. The molecule has 5 nitrogen and oxygen atoms in total. The molecule has 0 radical (unpaired) electrons. The summed E-state index contributed by atoms with van der Waals surface area (Å²) in [6, 6.07) is 9.39. The maximum atomic E-state index is 11.6. The molecule has 2 N–H and O–H groups in total. The number of aromatic amines is 1. The van der Waals surface area contributed by atoms with E-state index in [4.69, 9.17) is 4.74 Å². The van der Waals surface area contributed by atoms with E-state index in [-0.39, 0.29) is 11.5 Å². The molecule has 0 atom stereocenters. The Labute approximate surface area is 124 Å². The molecule has 0 saturated heterocycles. The largest absolute Gasteiger partial charge is 0.496 e. The minimum Gasteiger partial charge on any atom is -0.496 e. The topological polar surface area (TPSA) is 67.0 Å². The summed E-state index contributed by atoms with van der Waals surface area (Å²) < 4.78 is 5.32. The van der Waals surface area contributed by atoms with Gasteiger partial charge in [0.25, 0.3) is 5.56 Å². The second-order valence-electron chi connectivity index (χ2n) is 5.16. The maximum Gasteiger partial charge on any atom is 0.252 e. The first-order chi connectivity index (χ1) is 10.1. The van der Waals surface area contributed by atoms with Crippen molar-refractivity contribution in [3.63, 3.8) is 0 Å². The molecule has 0 spiro atoms. The minimum atomic E-state index is -0.131. The summed E-state index contributed by atoms with van der Waals surface area (Å²) in [5, 5.41) is 3.19. The van der Waals surface area contributed by atoms with Crippen LogP contribution in [0.3, 0.4) is 0 Å². The van der Waals surface area contributed by atoms with Crippen LogP contribution in [0.2, 0.25) is 0 Å². The average Bonchev–Trinajstić information content (AvgIpc) is 2.47. The van der Waals surface area contributed by atoms with Crippen molar-refractivity contribution in [2.75, 3.05) is 19.0 Å². The number of nitrogens with one attached hydrogen (secondary N) is 2. The Kier molecular flexibility index (Phi) is 4.98. The summed E-state index contributed by atoms with van der Waals surface area (Å²) in [7, 11) is 1.67. The van der Waals surface area contributed by atoms with Crippen molar-refractivity contribution in [1.82, 2.24) is 9.97 Å². The molecule has 0 aliphatic rings. The van der Waals surface area contributed by atoms with E-state index in [0.717, 1.165) is 17.7 Å². The van der Waals surface area contributed by atoms with Crippen LogP contribution in [0.4, 0.5) is 5.82 Å². The summed E-state index contributed by atoms with van der Waals surface area (Å²) >= 11 is 0. The van der Waals surface area contributed by atoms with E-state index in [9.17, 15) is 4.79 Å². The van der Waals surface area contributed by atoms with E-state index < -0.39 is 0 Å². The van der Waals surface area contributed by atoms with Crippen molar-refractivity contribution in [2.24, 2.45) is 0 Å². The van der Waals surface area contributed by atoms with Gasteiger partial charge < -0.3 is 15.0 Å². The van der Waals surface area contributed by atoms with Gasteiger partial charge in [-0.3, -0.25) is 4.79 Å². The van der Waals surface area contributed by atoms with Gasteiger partial charge in [-0.15, -0.1) is 0 Å². The van der Waals surface area contributed by atoms with Crippen LogP contribution < -0.4 is 15.6 Å². The molecule has 0 unspecified atom stereocenters. The fraction of sp³-hybridized carbons (Fsp3) is 0.375. The van der Waals surface area contributed by atoms with Crippen molar-refractivity contribution in [1.29, 1.82) is 0 Å². The molecule has 0 aliphatic carbocycles. The Balaban J connectivity index is 2.02. The van der Waals surface area contributed by atoms with Gasteiger partial charge in [-0.1, -0.05) is 32.0 Å². The van der Waals surface area contributed by atoms with Crippen molar-refractivity contribution in [3.8, 4) is 5.75 Å². The zero-order valence-electron chi connectivity index (χ0n) is 12.6. The fourth-order valence-electron chi connectivity index (χ4n) is 2.08. The van der Waals surface area contributed by atoms with Gasteiger partial charge in [0.05, 0.1) is 7.11 Å². The van der Waals surface area contributed by atoms with Gasteiger partial charge in [0.15, 0.2) is 0 Å². The van der Waals surface area contributed by atoms with Crippen LogP contribution in [0.1, 0.15) is 31.2 Å². The van der Waals surface area contributed by atoms with E-state index in [1.54, 1.807) is 7.11 Å². The maximum absolute atomic E-state index is 11.6. The number of hydrogen-bond donors (Lipinski definition) is 2. The lowest BCUT2D eigenvalue weighted by Gasteiger charge is -2.10. The lowest BCUT2D eigenvalue weighted by Crippen LogP contribution is -2.15. The smallest absolute Gasteiger partial charge is 0.252 e. The predicted octanol–water partition coefficient (Wildman–Crippen LogP) is 2.56. The molecular formula is C16H21N3O2. The standard InChI is InChI=1S/C16H21N3O2/c1-11(2)16-18-14(10-15(20)19-16)17-9-8-12-6-4-5-7-13(12)21-3/h4-7,10-11H,8-9H2,1-3H3,(H2,17,18,19,20). The molecule has 2 rings (SSSR count). The quantitative estimate of drug-likeness (QED) is 0.857. The zero-order chi connectivity index (χ0) is 15.2. The van der Waals surface area contributed by atoms with Crippen LogP contribution >= 0.6 is 0 Å². The summed E-state index contributed by atoms with van der Waals surface area (Å²) in [4.78, 5) is 18.7. The number of rotatable bonds is 6. The van der Waals surface area contributed by atoms with Gasteiger partial charge >= 0.3 is 0 Å². The first kappa shape index (κ1) is 15.1. The normalized spacial score (nSPS) is 10.7. The first-order valence-corrected chi connectivity index (χ1v) is 7.07. The number of para-hydroxylation sites is 1. The van der Waals surface area contributed by atoms with Gasteiger partial charge in [0.2, 0.25) is 0 Å². The molecule has 1 heterocycles. The van der Waals surface area contributed by atoms with E-state index in [2.05, 4.69) is 15.3 Å². The van der Waals surface area contributed by atoms with Crippen LogP contribution in [-0.4, -0.2) is 23.6 Å². The molecule has 5 heteroatoms. The molecule has 0 bridgehead atoms. The monoisotopic (exact) mass is 287 g/mol. The highest BCUT2D eigenvalue weighted by molar-refractivity contribution is 5.36. The van der Waals surface area contributed by atoms with Crippen molar-refractivity contribution in [2.45, 2.75) is 26.2 Å². The van der Waals surface area contributed by atoms with Gasteiger partial charge in [0.1, 0.15) is 17.4 Å². The lowest BCUT2D eigenvalue weighted by molar-refractivity contribution is 0.410. The number of ether oxygens (including phenoxy) is 1. The van der Waals surface area contributed by atoms with Gasteiger partial charge in [-0.05, 0) is 18.1 Å². The molecule has 112 valence electrons. The van der Waals surface area contributed by atoms with Crippen molar-refractivity contribution >= 4 is 5.82 Å². The average molecular weight is 287 g/mol. The lowest BCUT2D eigenvalue weighted by atomic mass is 10.1. The number of benzene rings is 1. The van der Waals surface area contributed by atoms with E-state index >= 15 is 0 Å². The molecule has 0 aliphatic heterocycles. The summed E-state index contributed by atoms with van der Waals surface area (Å²) in [6.45, 7) is 4.68. The summed E-state index contributed by atoms with van der Waals surface area (Å²) in [6.07, 6.45) is 0.801. The van der Waals surface area contributed by atoms with Gasteiger partial charge in [-0.25, -0.2) is 4.98 Å². The van der Waals surface area contributed by atoms with Gasteiger partial charge in [0, 0.05) is 18.5 Å². The first-order valence-electron chi connectivity index (χ1n) is 7.07. The summed E-state index contributed by atoms with van der Waals surface area (Å²) in [5.41, 5.74) is 0.995.